The van der Waals surface area contributed by atoms with Crippen LogP contribution in [0.3, 0.4) is 0 Å². The van der Waals surface area contributed by atoms with Crippen molar-refractivity contribution < 1.29 is 15.0 Å². The summed E-state index contributed by atoms with van der Waals surface area (Å²) in [6.45, 7) is 1.71. The summed E-state index contributed by atoms with van der Waals surface area (Å²) < 4.78 is 0. The van der Waals surface area contributed by atoms with Gasteiger partial charge in [-0.3, -0.25) is 20.2 Å². The predicted octanol–water partition coefficient (Wildman–Crippen LogP) is 1.95. The summed E-state index contributed by atoms with van der Waals surface area (Å²) in [7, 11) is 0. The monoisotopic (exact) mass is 226 g/mol. The van der Waals surface area contributed by atoms with Crippen LogP contribution in [-0.2, 0) is 0 Å². The lowest BCUT2D eigenvalue weighted by atomic mass is 10.1. The molecule has 0 aliphatic heterocycles. The Labute approximate surface area is 90.6 Å². The van der Waals surface area contributed by atoms with Gasteiger partial charge < -0.3 is 5.11 Å². The summed E-state index contributed by atoms with van der Waals surface area (Å²) in [5.41, 5.74) is -0.869. The molecule has 0 amide bonds. The van der Waals surface area contributed by atoms with Gasteiger partial charge in [0.05, 0.1) is 16.0 Å². The van der Waals surface area contributed by atoms with Crippen LogP contribution in [-0.4, -0.2) is 15.0 Å². The number of nitro groups is 2. The van der Waals surface area contributed by atoms with Crippen molar-refractivity contribution in [3.05, 3.63) is 44.0 Å². The standard InChI is InChI=1S/C9H10N2O5/c1-2-9(12)6-3-4-7(10(13)14)8(5-6)11(15)16/h3-5,9,12H,2H2,1H3. The van der Waals surface area contributed by atoms with Crippen molar-refractivity contribution in [3.63, 3.8) is 0 Å². The maximum Gasteiger partial charge on any atom is 0.346 e. The van der Waals surface area contributed by atoms with Crippen molar-refractivity contribution in [3.8, 4) is 0 Å². The molecule has 1 unspecified atom stereocenters. The minimum Gasteiger partial charge on any atom is -0.388 e. The Morgan fingerprint density at radius 2 is 1.81 bits per heavy atom. The highest BCUT2D eigenvalue weighted by Crippen LogP contribution is 2.30. The lowest BCUT2D eigenvalue weighted by Crippen LogP contribution is -2.00. The summed E-state index contributed by atoms with van der Waals surface area (Å²) in [5, 5.41) is 30.6. The summed E-state index contributed by atoms with van der Waals surface area (Å²) in [6.07, 6.45) is -0.464. The van der Waals surface area contributed by atoms with Crippen molar-refractivity contribution in [1.82, 2.24) is 0 Å². The average Bonchev–Trinajstić information content (AvgIpc) is 2.26. The Balaban J connectivity index is 3.28. The molecule has 16 heavy (non-hydrogen) atoms. The maximum atomic E-state index is 10.6. The third-order valence-electron chi connectivity index (χ3n) is 2.16. The molecule has 1 aromatic rings. The number of nitro benzene ring substituents is 2. The summed E-state index contributed by atoms with van der Waals surface area (Å²) in [5.74, 6) is 0. The third kappa shape index (κ3) is 2.31. The summed E-state index contributed by atoms with van der Waals surface area (Å²) in [4.78, 5) is 19.5. The Morgan fingerprint density at radius 1 is 1.25 bits per heavy atom. The van der Waals surface area contributed by atoms with Gasteiger partial charge in [0.2, 0.25) is 0 Å². The molecule has 0 saturated heterocycles. The van der Waals surface area contributed by atoms with E-state index in [4.69, 9.17) is 0 Å². The van der Waals surface area contributed by atoms with Crippen LogP contribution in [0, 0.1) is 20.2 Å². The van der Waals surface area contributed by atoms with Crippen LogP contribution in [0.4, 0.5) is 11.4 Å². The number of aliphatic hydroxyl groups excluding tert-OH is 1. The van der Waals surface area contributed by atoms with E-state index in [1.165, 1.54) is 6.07 Å². The molecule has 0 aliphatic rings. The van der Waals surface area contributed by atoms with Crippen molar-refractivity contribution in [1.29, 1.82) is 0 Å². The van der Waals surface area contributed by atoms with Crippen molar-refractivity contribution in [2.45, 2.75) is 19.4 Å². The molecule has 0 saturated carbocycles. The molecule has 7 heteroatoms. The molecule has 0 heterocycles. The van der Waals surface area contributed by atoms with E-state index in [0.717, 1.165) is 12.1 Å². The second kappa shape index (κ2) is 4.67. The van der Waals surface area contributed by atoms with Crippen LogP contribution < -0.4 is 0 Å². The molecular formula is C9H10N2O5. The predicted molar refractivity (Wildman–Crippen MR) is 55.0 cm³/mol. The maximum absolute atomic E-state index is 10.6. The van der Waals surface area contributed by atoms with E-state index in [0.29, 0.717) is 12.0 Å². The number of rotatable bonds is 4. The number of hydrogen-bond donors (Lipinski definition) is 1. The van der Waals surface area contributed by atoms with Gasteiger partial charge >= 0.3 is 11.4 Å². The number of benzene rings is 1. The highest BCUT2D eigenvalue weighted by molar-refractivity contribution is 5.54. The van der Waals surface area contributed by atoms with Gasteiger partial charge in [0.25, 0.3) is 0 Å². The molecule has 1 rings (SSSR count). The zero-order valence-corrected chi connectivity index (χ0v) is 8.49. The zero-order chi connectivity index (χ0) is 12.3. The van der Waals surface area contributed by atoms with E-state index in [2.05, 4.69) is 0 Å². The fraction of sp³-hybridized carbons (Fsp3) is 0.333. The van der Waals surface area contributed by atoms with Gasteiger partial charge in [-0.05, 0) is 18.1 Å². The van der Waals surface area contributed by atoms with E-state index < -0.39 is 27.3 Å². The minimum atomic E-state index is -0.848. The highest BCUT2D eigenvalue weighted by Gasteiger charge is 2.25. The molecule has 0 spiro atoms. The van der Waals surface area contributed by atoms with Crippen LogP contribution in [0.2, 0.25) is 0 Å². The molecule has 0 aromatic heterocycles. The van der Waals surface area contributed by atoms with Crippen LogP contribution >= 0.6 is 0 Å². The van der Waals surface area contributed by atoms with Gasteiger partial charge in [-0.1, -0.05) is 6.92 Å². The Morgan fingerprint density at radius 3 is 2.25 bits per heavy atom. The molecular weight excluding hydrogens is 216 g/mol. The molecule has 1 aromatic carbocycles. The normalized spacial score (nSPS) is 12.1. The second-order valence-electron chi connectivity index (χ2n) is 3.19. The third-order valence-corrected chi connectivity index (χ3v) is 2.16. The summed E-state index contributed by atoms with van der Waals surface area (Å²) >= 11 is 0. The molecule has 86 valence electrons. The van der Waals surface area contributed by atoms with Gasteiger partial charge in [0.1, 0.15) is 0 Å². The first-order chi connectivity index (χ1) is 7.47. The van der Waals surface area contributed by atoms with Crippen LogP contribution in [0.5, 0.6) is 0 Å². The van der Waals surface area contributed by atoms with Crippen LogP contribution in [0.1, 0.15) is 25.0 Å². The van der Waals surface area contributed by atoms with Gasteiger partial charge in [-0.25, -0.2) is 0 Å². The van der Waals surface area contributed by atoms with E-state index >= 15 is 0 Å². The lowest BCUT2D eigenvalue weighted by Gasteiger charge is -2.07. The van der Waals surface area contributed by atoms with E-state index in [1.54, 1.807) is 6.92 Å². The van der Waals surface area contributed by atoms with Gasteiger partial charge in [0, 0.05) is 12.1 Å². The van der Waals surface area contributed by atoms with Crippen molar-refractivity contribution in [2.75, 3.05) is 0 Å². The quantitative estimate of drug-likeness (QED) is 0.623. The van der Waals surface area contributed by atoms with Crippen molar-refractivity contribution >= 4 is 11.4 Å². The van der Waals surface area contributed by atoms with Gasteiger partial charge in [-0.15, -0.1) is 0 Å². The Bertz CT molecular complexity index is 432. The smallest absolute Gasteiger partial charge is 0.346 e. The molecule has 7 nitrogen and oxygen atoms in total. The number of nitrogens with zero attached hydrogens (tertiary/aromatic N) is 2. The lowest BCUT2D eigenvalue weighted by molar-refractivity contribution is -0.422. The van der Waals surface area contributed by atoms with Crippen LogP contribution in [0.25, 0.3) is 0 Å². The number of hydrogen-bond acceptors (Lipinski definition) is 5. The van der Waals surface area contributed by atoms with Gasteiger partial charge in [-0.2, -0.15) is 0 Å². The zero-order valence-electron chi connectivity index (χ0n) is 8.49. The fourth-order valence-corrected chi connectivity index (χ4v) is 1.28. The molecule has 1 N–H and O–H groups in total. The van der Waals surface area contributed by atoms with E-state index in [1.807, 2.05) is 0 Å². The Kier molecular flexibility index (Phi) is 3.51. The first kappa shape index (κ1) is 12.1. The minimum absolute atomic E-state index is 0.305. The molecule has 1 atom stereocenters. The largest absolute Gasteiger partial charge is 0.388 e. The first-order valence-electron chi connectivity index (χ1n) is 4.58. The van der Waals surface area contributed by atoms with E-state index in [9.17, 15) is 25.3 Å². The number of aliphatic hydroxyl groups is 1. The molecule has 0 fully saturated rings. The molecule has 0 radical (unpaired) electrons. The fourth-order valence-electron chi connectivity index (χ4n) is 1.28. The van der Waals surface area contributed by atoms with Gasteiger partial charge in [0.15, 0.2) is 0 Å². The average molecular weight is 226 g/mol. The second-order valence-corrected chi connectivity index (χ2v) is 3.19. The SMILES string of the molecule is CCC(O)c1ccc([N+](=O)[O-])c([N+](=O)[O-])c1. The first-order valence-corrected chi connectivity index (χ1v) is 4.58. The molecule has 0 bridgehead atoms. The highest BCUT2D eigenvalue weighted by atomic mass is 16.6. The van der Waals surface area contributed by atoms with E-state index in [-0.39, 0.29) is 0 Å². The molecule has 0 aliphatic carbocycles. The summed E-state index contributed by atoms with van der Waals surface area (Å²) in [6, 6.07) is 3.39. The topological polar surface area (TPSA) is 107 Å². The Hall–Kier alpha value is -2.02. The van der Waals surface area contributed by atoms with Crippen molar-refractivity contribution in [2.24, 2.45) is 0 Å². The van der Waals surface area contributed by atoms with Crippen LogP contribution in [0.15, 0.2) is 18.2 Å².